The number of rotatable bonds is 6. The van der Waals surface area contributed by atoms with Crippen molar-refractivity contribution in [3.05, 3.63) is 35.2 Å². The summed E-state index contributed by atoms with van der Waals surface area (Å²) in [6, 6.07) is 7.23. The second-order valence-electron chi connectivity index (χ2n) is 4.37. The normalized spacial score (nSPS) is 10.5. The first-order chi connectivity index (χ1) is 9.69. The van der Waals surface area contributed by atoms with Crippen molar-refractivity contribution in [1.82, 2.24) is 15.5 Å². The van der Waals surface area contributed by atoms with Crippen LogP contribution in [-0.2, 0) is 11.2 Å². The number of hydrogen-bond donors (Lipinski definition) is 1. The number of aromatic nitrogens is 2. The summed E-state index contributed by atoms with van der Waals surface area (Å²) >= 11 is 5.91. The molecule has 0 bridgehead atoms. The number of aryl methyl sites for hydroxylation is 1. The summed E-state index contributed by atoms with van der Waals surface area (Å²) < 4.78 is 5.13. The van der Waals surface area contributed by atoms with Gasteiger partial charge in [-0.2, -0.15) is 4.98 Å². The first-order valence-electron chi connectivity index (χ1n) is 6.54. The summed E-state index contributed by atoms with van der Waals surface area (Å²) in [5.41, 5.74) is 0.794. The highest BCUT2D eigenvalue weighted by atomic mass is 35.5. The van der Waals surface area contributed by atoms with Gasteiger partial charge in [0.2, 0.25) is 17.6 Å². The van der Waals surface area contributed by atoms with E-state index in [-0.39, 0.29) is 5.91 Å². The Morgan fingerprint density at radius 2 is 2.30 bits per heavy atom. The standard InChI is InChI=1S/C14H16ClN3O2/c1-2-8-16-12(19)6-7-13-17-14(18-20-13)10-4-3-5-11(15)9-10/h3-5,9H,2,6-8H2,1H3,(H,16,19). The Morgan fingerprint density at radius 3 is 3.05 bits per heavy atom. The van der Waals surface area contributed by atoms with Crippen molar-refractivity contribution in [3.8, 4) is 11.4 Å². The van der Waals surface area contributed by atoms with Crippen LogP contribution in [0.3, 0.4) is 0 Å². The first-order valence-corrected chi connectivity index (χ1v) is 6.92. The lowest BCUT2D eigenvalue weighted by Crippen LogP contribution is -2.24. The third-order valence-corrected chi connectivity index (χ3v) is 2.92. The Bertz CT molecular complexity index is 583. The van der Waals surface area contributed by atoms with Crippen LogP contribution in [0.4, 0.5) is 0 Å². The van der Waals surface area contributed by atoms with Crippen molar-refractivity contribution in [2.75, 3.05) is 6.54 Å². The first kappa shape index (κ1) is 14.5. The molecule has 20 heavy (non-hydrogen) atoms. The van der Waals surface area contributed by atoms with Crippen molar-refractivity contribution in [2.45, 2.75) is 26.2 Å². The fraction of sp³-hybridized carbons (Fsp3) is 0.357. The van der Waals surface area contributed by atoms with Crippen LogP contribution in [0.15, 0.2) is 28.8 Å². The zero-order valence-corrected chi connectivity index (χ0v) is 12.0. The predicted molar refractivity (Wildman–Crippen MR) is 76.4 cm³/mol. The van der Waals surface area contributed by atoms with Gasteiger partial charge in [-0.25, -0.2) is 0 Å². The Hall–Kier alpha value is -1.88. The molecule has 0 unspecified atom stereocenters. The van der Waals surface area contributed by atoms with E-state index in [0.29, 0.717) is 36.1 Å². The van der Waals surface area contributed by atoms with E-state index >= 15 is 0 Å². The number of carbonyl (C=O) groups is 1. The van der Waals surface area contributed by atoms with Gasteiger partial charge in [0.25, 0.3) is 0 Å². The zero-order chi connectivity index (χ0) is 14.4. The number of hydrogen-bond acceptors (Lipinski definition) is 4. The second-order valence-corrected chi connectivity index (χ2v) is 4.81. The predicted octanol–water partition coefficient (Wildman–Crippen LogP) is 2.85. The highest BCUT2D eigenvalue weighted by molar-refractivity contribution is 6.30. The third-order valence-electron chi connectivity index (χ3n) is 2.69. The van der Waals surface area contributed by atoms with Gasteiger partial charge in [-0.05, 0) is 18.6 Å². The van der Waals surface area contributed by atoms with Gasteiger partial charge in [0.05, 0.1) is 0 Å². The van der Waals surface area contributed by atoms with Crippen LogP contribution >= 0.6 is 11.6 Å². The maximum Gasteiger partial charge on any atom is 0.227 e. The summed E-state index contributed by atoms with van der Waals surface area (Å²) in [5.74, 6) is 0.928. The van der Waals surface area contributed by atoms with Crippen LogP contribution < -0.4 is 5.32 Å². The minimum atomic E-state index is -0.00523. The van der Waals surface area contributed by atoms with Gasteiger partial charge in [0.15, 0.2) is 0 Å². The second kappa shape index (κ2) is 7.05. The number of nitrogens with one attached hydrogen (secondary N) is 1. The molecule has 0 radical (unpaired) electrons. The molecule has 0 fully saturated rings. The zero-order valence-electron chi connectivity index (χ0n) is 11.2. The lowest BCUT2D eigenvalue weighted by atomic mass is 10.2. The lowest BCUT2D eigenvalue weighted by molar-refractivity contribution is -0.121. The van der Waals surface area contributed by atoms with Crippen LogP contribution in [0.2, 0.25) is 5.02 Å². The van der Waals surface area contributed by atoms with Gasteiger partial charge in [-0.1, -0.05) is 35.8 Å². The molecule has 0 aliphatic heterocycles. The lowest BCUT2D eigenvalue weighted by Gasteiger charge is -2.00. The van der Waals surface area contributed by atoms with Crippen LogP contribution in [0, 0.1) is 0 Å². The van der Waals surface area contributed by atoms with E-state index in [4.69, 9.17) is 16.1 Å². The average Bonchev–Trinajstić information content (AvgIpc) is 2.92. The molecule has 0 aliphatic carbocycles. The minimum Gasteiger partial charge on any atom is -0.356 e. The molecule has 1 N–H and O–H groups in total. The molecule has 2 rings (SSSR count). The SMILES string of the molecule is CCCNC(=O)CCc1nc(-c2cccc(Cl)c2)no1. The Labute approximate surface area is 122 Å². The van der Waals surface area contributed by atoms with Crippen molar-refractivity contribution >= 4 is 17.5 Å². The molecule has 2 aromatic rings. The van der Waals surface area contributed by atoms with E-state index in [0.717, 1.165) is 12.0 Å². The summed E-state index contributed by atoms with van der Waals surface area (Å²) in [5, 5.41) is 7.31. The number of amides is 1. The van der Waals surface area contributed by atoms with Crippen LogP contribution in [0.5, 0.6) is 0 Å². The Kier molecular flexibility index (Phi) is 5.12. The molecule has 1 aromatic heterocycles. The molecule has 1 amide bonds. The molecule has 0 spiro atoms. The minimum absolute atomic E-state index is 0.00523. The monoisotopic (exact) mass is 293 g/mol. The van der Waals surface area contributed by atoms with E-state index in [2.05, 4.69) is 15.5 Å². The fourth-order valence-electron chi connectivity index (χ4n) is 1.67. The van der Waals surface area contributed by atoms with E-state index < -0.39 is 0 Å². The summed E-state index contributed by atoms with van der Waals surface area (Å²) in [7, 11) is 0. The van der Waals surface area contributed by atoms with Crippen molar-refractivity contribution < 1.29 is 9.32 Å². The van der Waals surface area contributed by atoms with Crippen molar-refractivity contribution in [3.63, 3.8) is 0 Å². The number of halogens is 1. The smallest absolute Gasteiger partial charge is 0.227 e. The van der Waals surface area contributed by atoms with Crippen LogP contribution in [0.1, 0.15) is 25.7 Å². The number of nitrogens with zero attached hydrogens (tertiary/aromatic N) is 2. The van der Waals surface area contributed by atoms with Gasteiger partial charge >= 0.3 is 0 Å². The van der Waals surface area contributed by atoms with E-state index in [1.54, 1.807) is 12.1 Å². The summed E-state index contributed by atoms with van der Waals surface area (Å²) in [6.45, 7) is 2.70. The maximum absolute atomic E-state index is 11.5. The highest BCUT2D eigenvalue weighted by Gasteiger charge is 2.10. The molecule has 6 heteroatoms. The van der Waals surface area contributed by atoms with Crippen LogP contribution in [-0.4, -0.2) is 22.6 Å². The number of carbonyl (C=O) groups excluding carboxylic acids is 1. The molecule has 0 aliphatic rings. The van der Waals surface area contributed by atoms with Gasteiger partial charge in [0, 0.05) is 30.0 Å². The van der Waals surface area contributed by atoms with Gasteiger partial charge < -0.3 is 9.84 Å². The largest absolute Gasteiger partial charge is 0.356 e. The summed E-state index contributed by atoms with van der Waals surface area (Å²) in [6.07, 6.45) is 1.70. The molecule has 0 saturated heterocycles. The van der Waals surface area contributed by atoms with Gasteiger partial charge in [0.1, 0.15) is 0 Å². The fourth-order valence-corrected chi connectivity index (χ4v) is 1.86. The molecule has 1 aromatic carbocycles. The molecule has 0 atom stereocenters. The molecular weight excluding hydrogens is 278 g/mol. The number of benzene rings is 1. The van der Waals surface area contributed by atoms with Crippen LogP contribution in [0.25, 0.3) is 11.4 Å². The van der Waals surface area contributed by atoms with Gasteiger partial charge in [-0.15, -0.1) is 0 Å². The topological polar surface area (TPSA) is 68.0 Å². The van der Waals surface area contributed by atoms with E-state index in [1.165, 1.54) is 0 Å². The third kappa shape index (κ3) is 4.06. The quantitative estimate of drug-likeness (QED) is 0.889. The molecule has 106 valence electrons. The van der Waals surface area contributed by atoms with Crippen molar-refractivity contribution in [2.24, 2.45) is 0 Å². The molecule has 0 saturated carbocycles. The van der Waals surface area contributed by atoms with E-state index in [9.17, 15) is 4.79 Å². The average molecular weight is 294 g/mol. The molecule has 5 nitrogen and oxygen atoms in total. The molecular formula is C14H16ClN3O2. The maximum atomic E-state index is 11.5. The van der Waals surface area contributed by atoms with Gasteiger partial charge in [-0.3, -0.25) is 4.79 Å². The van der Waals surface area contributed by atoms with Crippen molar-refractivity contribution in [1.29, 1.82) is 0 Å². The highest BCUT2D eigenvalue weighted by Crippen LogP contribution is 2.20. The Morgan fingerprint density at radius 1 is 1.45 bits per heavy atom. The van der Waals surface area contributed by atoms with E-state index in [1.807, 2.05) is 19.1 Å². The summed E-state index contributed by atoms with van der Waals surface area (Å²) in [4.78, 5) is 15.7. The Balaban J connectivity index is 1.94. The molecule has 1 heterocycles.